The second-order valence-corrected chi connectivity index (χ2v) is 14.2. The average Bonchev–Trinajstić information content (AvgIpc) is 3.09. The summed E-state index contributed by atoms with van der Waals surface area (Å²) in [7, 11) is -0.501. The quantitative estimate of drug-likeness (QED) is 0.0950. The van der Waals surface area contributed by atoms with Crippen LogP contribution in [-0.2, 0) is 4.89 Å². The van der Waals surface area contributed by atoms with Crippen LogP contribution in [-0.4, -0.2) is 28.4 Å². The molecular weight excluding hydrogens is 561 g/mol. The molecule has 0 saturated heterocycles. The monoisotopic (exact) mass is 624 g/mol. The van der Waals surface area contributed by atoms with Crippen molar-refractivity contribution < 1.29 is 15.4 Å². The van der Waals surface area contributed by atoms with Crippen LogP contribution in [0.15, 0.2) is 115 Å². The second kappa shape index (κ2) is 30.7. The zero-order valence-corrected chi connectivity index (χ0v) is 29.3. The standard InChI is InChI=1S/C24H31P.C6H14O2.C6H6.C3H8.H3NO/c1-21-16-18-22(19-17-21)11-5-4-10-20-25(23-12-6-2-7-13-23)24-14-8-3-9-15-24;1-3-4-5-6(2)8-7;1-2-4-6-5-3-1;1-3-2;1-2/h2-3,6-9,12-14,16,18-19,21,24H,4-5,10-11,15,17,20H2,1H3;6-7H,3-5H2,1-2H3;1-6H;3H2,1-2H3;2H,1H2/p+1/t;6-;;;/m.1.../s1. The van der Waals surface area contributed by atoms with Gasteiger partial charge in [0.05, 0.1) is 23.2 Å². The van der Waals surface area contributed by atoms with Crippen LogP contribution >= 0.6 is 7.92 Å². The first-order valence-corrected chi connectivity index (χ1v) is 18.5. The van der Waals surface area contributed by atoms with Crippen LogP contribution < -0.4 is 11.2 Å². The molecule has 4 N–H and O–H groups in total. The lowest BCUT2D eigenvalue weighted by atomic mass is 9.95. The Hall–Kier alpha value is -2.33. The predicted octanol–water partition coefficient (Wildman–Crippen LogP) is 11.0. The molecule has 0 aromatic heterocycles. The van der Waals surface area contributed by atoms with E-state index in [1.165, 1.54) is 51.1 Å². The summed E-state index contributed by atoms with van der Waals surface area (Å²) in [5.41, 5.74) is 2.33. The van der Waals surface area contributed by atoms with Gasteiger partial charge in [-0.2, -0.15) is 0 Å². The van der Waals surface area contributed by atoms with E-state index in [0.717, 1.165) is 30.8 Å². The Morgan fingerprint density at radius 2 is 1.45 bits per heavy atom. The number of rotatable bonds is 12. The molecule has 0 bridgehead atoms. The van der Waals surface area contributed by atoms with Gasteiger partial charge in [-0.1, -0.05) is 144 Å². The van der Waals surface area contributed by atoms with Gasteiger partial charge < -0.3 is 5.21 Å². The fraction of sp³-hybridized carbons (Fsp3) is 0.487. The van der Waals surface area contributed by atoms with Gasteiger partial charge in [-0.25, -0.2) is 10.8 Å². The molecule has 0 spiro atoms. The van der Waals surface area contributed by atoms with Gasteiger partial charge in [0, 0.05) is 14.3 Å². The van der Waals surface area contributed by atoms with E-state index in [2.05, 4.69) is 111 Å². The van der Waals surface area contributed by atoms with Crippen molar-refractivity contribution >= 4 is 13.2 Å². The topological polar surface area (TPSA) is 75.7 Å². The second-order valence-electron chi connectivity index (χ2n) is 11.4. The minimum Gasteiger partial charge on any atom is -0.320 e. The number of benzene rings is 2. The highest BCUT2D eigenvalue weighted by Crippen LogP contribution is 2.44. The summed E-state index contributed by atoms with van der Waals surface area (Å²) in [6.45, 7) is 10.5. The Balaban J connectivity index is 0.000000794. The number of hydrogen-bond acceptors (Lipinski definition) is 4. The molecular formula is C39H63NO3P+. The van der Waals surface area contributed by atoms with Crippen LogP contribution in [0.4, 0.5) is 0 Å². The van der Waals surface area contributed by atoms with Crippen molar-refractivity contribution in [2.24, 2.45) is 11.8 Å². The highest BCUT2D eigenvalue weighted by atomic mass is 31.1. The molecule has 0 fully saturated rings. The summed E-state index contributed by atoms with van der Waals surface area (Å²) in [6.07, 6.45) is 30.2. The molecule has 5 heteroatoms. The highest BCUT2D eigenvalue weighted by Gasteiger charge is 2.27. The Morgan fingerprint density at radius 1 is 0.841 bits per heavy atom. The lowest BCUT2D eigenvalue weighted by molar-refractivity contribution is -0.275. The van der Waals surface area contributed by atoms with Gasteiger partial charge in [0.25, 0.3) is 0 Å². The molecule has 2 aromatic carbocycles. The molecule has 4 nitrogen and oxygen atoms in total. The Labute approximate surface area is 271 Å². The van der Waals surface area contributed by atoms with E-state index in [0.29, 0.717) is 0 Å². The van der Waals surface area contributed by atoms with Crippen molar-refractivity contribution in [2.75, 3.05) is 6.16 Å². The van der Waals surface area contributed by atoms with E-state index in [1.54, 1.807) is 10.9 Å². The van der Waals surface area contributed by atoms with E-state index in [-0.39, 0.29) is 6.10 Å². The van der Waals surface area contributed by atoms with Gasteiger partial charge in [0.15, 0.2) is 0 Å². The van der Waals surface area contributed by atoms with Crippen LogP contribution in [0.5, 0.6) is 0 Å². The fourth-order valence-electron chi connectivity index (χ4n) is 4.74. The van der Waals surface area contributed by atoms with E-state index >= 15 is 0 Å². The van der Waals surface area contributed by atoms with E-state index < -0.39 is 7.92 Å². The van der Waals surface area contributed by atoms with E-state index in [1.807, 2.05) is 43.3 Å². The first kappa shape index (κ1) is 41.7. The number of unbranched alkanes of at least 4 members (excludes halogenated alkanes) is 3. The molecule has 0 aliphatic heterocycles. The minimum atomic E-state index is -0.501. The molecule has 4 atom stereocenters. The summed E-state index contributed by atoms with van der Waals surface area (Å²) in [5, 5.41) is 16.2. The zero-order chi connectivity index (χ0) is 32.7. The maximum absolute atomic E-state index is 8.06. The van der Waals surface area contributed by atoms with Crippen LogP contribution in [0.1, 0.15) is 98.8 Å². The van der Waals surface area contributed by atoms with Crippen LogP contribution in [0, 0.1) is 5.92 Å². The molecule has 246 valence electrons. The van der Waals surface area contributed by atoms with E-state index in [4.69, 9.17) is 10.5 Å². The highest BCUT2D eigenvalue weighted by molar-refractivity contribution is 7.66. The third-order valence-corrected chi connectivity index (χ3v) is 10.5. The Morgan fingerprint density at radius 3 is 1.95 bits per heavy atom. The third-order valence-electron chi connectivity index (χ3n) is 7.19. The smallest absolute Gasteiger partial charge is 0.0938 e. The first-order chi connectivity index (χ1) is 21.5. The molecule has 2 aliphatic carbocycles. The Bertz CT molecular complexity index is 964. The van der Waals surface area contributed by atoms with Gasteiger partial charge in [-0.05, 0) is 69.6 Å². The Kier molecular flexibility index (Phi) is 29.1. The van der Waals surface area contributed by atoms with Crippen LogP contribution in [0.3, 0.4) is 0 Å². The van der Waals surface area contributed by atoms with Crippen molar-refractivity contribution in [3.05, 3.63) is 115 Å². The van der Waals surface area contributed by atoms with Gasteiger partial charge in [-0.3, -0.25) is 5.26 Å². The lowest BCUT2D eigenvalue weighted by Crippen LogP contribution is -2.14. The number of nitrogens with two attached hydrogens (primary N) is 1. The maximum atomic E-state index is 8.06. The first-order valence-electron chi connectivity index (χ1n) is 16.7. The molecule has 0 radical (unpaired) electrons. The predicted molar refractivity (Wildman–Crippen MR) is 196 cm³/mol. The number of allylic oxidation sites excluding steroid dienone is 8. The minimum absolute atomic E-state index is 0.00921. The molecule has 0 amide bonds. The van der Waals surface area contributed by atoms with Gasteiger partial charge in [0.2, 0.25) is 0 Å². The van der Waals surface area contributed by atoms with Crippen LogP contribution in [0.25, 0.3) is 0 Å². The molecule has 0 heterocycles. The van der Waals surface area contributed by atoms with Gasteiger partial charge in [0.1, 0.15) is 0 Å². The van der Waals surface area contributed by atoms with Crippen molar-refractivity contribution in [1.29, 1.82) is 0 Å². The van der Waals surface area contributed by atoms with Crippen LogP contribution in [0.2, 0.25) is 0 Å². The third kappa shape index (κ3) is 22.2. The average molecular weight is 625 g/mol. The summed E-state index contributed by atoms with van der Waals surface area (Å²) in [4.78, 5) is 4.05. The SMILES string of the molecule is CC1C=CC(CCCCC[PH+](c2ccccc2)C2C=CC=CC2)=CC1.CCC.CCCC[C@@H](C)OO.NO.c1ccccc1. The molecule has 3 unspecified atom stereocenters. The normalized spacial score (nSPS) is 17.5. The molecule has 44 heavy (non-hydrogen) atoms. The summed E-state index contributed by atoms with van der Waals surface area (Å²) < 4.78 is 0. The maximum Gasteiger partial charge on any atom is 0.0938 e. The largest absolute Gasteiger partial charge is 0.320 e. The van der Waals surface area contributed by atoms with Crippen molar-refractivity contribution in [3.8, 4) is 0 Å². The fourth-order valence-corrected chi connectivity index (χ4v) is 7.85. The zero-order valence-electron chi connectivity index (χ0n) is 28.3. The number of hydrogen-bond donors (Lipinski definition) is 3. The molecule has 0 saturated carbocycles. The summed E-state index contributed by atoms with van der Waals surface area (Å²) >= 11 is 0. The summed E-state index contributed by atoms with van der Waals surface area (Å²) in [5.74, 6) is 4.23. The van der Waals surface area contributed by atoms with Crippen molar-refractivity contribution in [3.63, 3.8) is 0 Å². The van der Waals surface area contributed by atoms with Gasteiger partial charge >= 0.3 is 0 Å². The summed E-state index contributed by atoms with van der Waals surface area (Å²) in [6, 6.07) is 23.3. The lowest BCUT2D eigenvalue weighted by Gasteiger charge is -2.19. The van der Waals surface area contributed by atoms with Crippen molar-refractivity contribution in [2.45, 2.75) is 111 Å². The van der Waals surface area contributed by atoms with Gasteiger partial charge in [-0.15, -0.1) is 0 Å². The molecule has 2 aromatic rings. The molecule has 2 aliphatic rings. The van der Waals surface area contributed by atoms with Crippen molar-refractivity contribution in [1.82, 2.24) is 0 Å². The van der Waals surface area contributed by atoms with E-state index in [9.17, 15) is 0 Å². The molecule has 4 rings (SSSR count).